The molecule has 0 amide bonds. The summed E-state index contributed by atoms with van der Waals surface area (Å²) in [6.07, 6.45) is 0. The van der Waals surface area contributed by atoms with Gasteiger partial charge in [0, 0.05) is 25.2 Å². The van der Waals surface area contributed by atoms with Crippen molar-refractivity contribution in [1.82, 2.24) is 10.2 Å². The third kappa shape index (κ3) is 8.48. The van der Waals surface area contributed by atoms with Crippen molar-refractivity contribution in [2.45, 2.75) is 66.2 Å². The summed E-state index contributed by atoms with van der Waals surface area (Å²) in [6.45, 7) is 16.4. The fourth-order valence-corrected chi connectivity index (χ4v) is 1.89. The fourth-order valence-electron chi connectivity index (χ4n) is 1.89. The topological polar surface area (TPSA) is 41.6 Å². The van der Waals surface area contributed by atoms with Gasteiger partial charge in [-0.05, 0) is 48.5 Å². The van der Waals surface area contributed by atoms with Gasteiger partial charge in [-0.1, -0.05) is 0 Å². The van der Waals surface area contributed by atoms with Crippen LogP contribution in [0.3, 0.4) is 0 Å². The number of hydrogen-bond donors (Lipinski definition) is 1. The van der Waals surface area contributed by atoms with Crippen molar-refractivity contribution in [2.75, 3.05) is 19.6 Å². The lowest BCUT2D eigenvalue weighted by Crippen LogP contribution is -2.42. The molecule has 108 valence electrons. The Bertz CT molecular complexity index is 237. The molecule has 0 heterocycles. The van der Waals surface area contributed by atoms with E-state index in [1.165, 1.54) is 0 Å². The third-order valence-electron chi connectivity index (χ3n) is 2.56. The lowest BCUT2D eigenvalue weighted by molar-refractivity contribution is -0.153. The van der Waals surface area contributed by atoms with Crippen molar-refractivity contribution in [3.63, 3.8) is 0 Å². The average molecular weight is 258 g/mol. The van der Waals surface area contributed by atoms with Crippen LogP contribution in [0.4, 0.5) is 0 Å². The highest BCUT2D eigenvalue weighted by Crippen LogP contribution is 2.06. The number of carbonyl (C=O) groups is 1. The van der Waals surface area contributed by atoms with E-state index in [4.69, 9.17) is 4.74 Å². The van der Waals surface area contributed by atoms with Crippen LogP contribution >= 0.6 is 0 Å². The van der Waals surface area contributed by atoms with Gasteiger partial charge in [0.15, 0.2) is 0 Å². The van der Waals surface area contributed by atoms with Crippen LogP contribution in [0.15, 0.2) is 0 Å². The molecule has 0 rings (SSSR count). The van der Waals surface area contributed by atoms with Crippen molar-refractivity contribution >= 4 is 5.97 Å². The first-order chi connectivity index (χ1) is 8.13. The molecule has 0 fully saturated rings. The van der Waals surface area contributed by atoms with Crippen LogP contribution in [0.2, 0.25) is 0 Å². The molecular formula is C14H30N2O2. The molecule has 0 aromatic heterocycles. The van der Waals surface area contributed by atoms with Crippen molar-refractivity contribution in [1.29, 1.82) is 0 Å². The predicted octanol–water partition coefficient (Wildman–Crippen LogP) is 2.04. The highest BCUT2D eigenvalue weighted by atomic mass is 16.6. The molecular weight excluding hydrogens is 228 g/mol. The van der Waals surface area contributed by atoms with E-state index in [-0.39, 0.29) is 12.5 Å². The minimum atomic E-state index is -0.402. The molecule has 18 heavy (non-hydrogen) atoms. The van der Waals surface area contributed by atoms with Crippen LogP contribution in [0.25, 0.3) is 0 Å². The van der Waals surface area contributed by atoms with Crippen molar-refractivity contribution in [3.8, 4) is 0 Å². The third-order valence-corrected chi connectivity index (χ3v) is 2.56. The number of nitrogens with one attached hydrogen (secondary N) is 1. The van der Waals surface area contributed by atoms with Crippen LogP contribution in [-0.2, 0) is 9.53 Å². The summed E-state index contributed by atoms with van der Waals surface area (Å²) in [6, 6.07) is 1.04. The summed E-state index contributed by atoms with van der Waals surface area (Å²) >= 11 is 0. The quantitative estimate of drug-likeness (QED) is 0.560. The highest BCUT2D eigenvalue weighted by Gasteiger charge is 2.16. The van der Waals surface area contributed by atoms with Crippen molar-refractivity contribution in [3.05, 3.63) is 0 Å². The number of ether oxygens (including phenoxy) is 1. The van der Waals surface area contributed by atoms with E-state index in [1.54, 1.807) is 0 Å². The standard InChI is InChI=1S/C14H30N2O2/c1-11(2)16(12(3)4)9-8-15-10-13(17)18-14(5,6)7/h11-12,15H,8-10H2,1-7H3. The zero-order valence-electron chi connectivity index (χ0n) is 13.0. The molecule has 0 saturated carbocycles. The van der Waals surface area contributed by atoms with Crippen LogP contribution in [0.5, 0.6) is 0 Å². The highest BCUT2D eigenvalue weighted by molar-refractivity contribution is 5.72. The second-order valence-corrected chi connectivity index (χ2v) is 6.19. The van der Waals surface area contributed by atoms with E-state index in [0.29, 0.717) is 12.1 Å². The molecule has 0 saturated heterocycles. The lowest BCUT2D eigenvalue weighted by atomic mass is 10.2. The molecule has 0 bridgehead atoms. The Labute approximate surface area is 112 Å². The molecule has 0 aromatic rings. The maximum absolute atomic E-state index is 11.5. The Balaban J connectivity index is 3.82. The molecule has 0 aliphatic heterocycles. The molecule has 0 aliphatic rings. The maximum atomic E-state index is 11.5. The minimum absolute atomic E-state index is 0.192. The summed E-state index contributed by atoms with van der Waals surface area (Å²) in [7, 11) is 0. The number of rotatable bonds is 7. The smallest absolute Gasteiger partial charge is 0.320 e. The van der Waals surface area contributed by atoms with Crippen molar-refractivity contribution < 1.29 is 9.53 Å². The molecule has 0 unspecified atom stereocenters. The van der Waals surface area contributed by atoms with Gasteiger partial charge in [0.25, 0.3) is 0 Å². The van der Waals surface area contributed by atoms with E-state index in [1.807, 2.05) is 20.8 Å². The monoisotopic (exact) mass is 258 g/mol. The molecule has 0 spiro atoms. The number of carbonyl (C=O) groups excluding carboxylic acids is 1. The molecule has 1 N–H and O–H groups in total. The van der Waals surface area contributed by atoms with E-state index >= 15 is 0 Å². The van der Waals surface area contributed by atoms with Gasteiger partial charge in [0.05, 0.1) is 6.54 Å². The second kappa shape index (κ2) is 7.74. The average Bonchev–Trinajstić information content (AvgIpc) is 2.12. The fraction of sp³-hybridized carbons (Fsp3) is 0.929. The minimum Gasteiger partial charge on any atom is -0.459 e. The summed E-state index contributed by atoms with van der Waals surface area (Å²) in [4.78, 5) is 13.9. The Kier molecular flexibility index (Phi) is 7.48. The zero-order chi connectivity index (χ0) is 14.3. The van der Waals surface area contributed by atoms with Gasteiger partial charge in [-0.15, -0.1) is 0 Å². The van der Waals surface area contributed by atoms with Crippen LogP contribution in [-0.4, -0.2) is 48.2 Å². The second-order valence-electron chi connectivity index (χ2n) is 6.19. The van der Waals surface area contributed by atoms with E-state index in [2.05, 4.69) is 37.9 Å². The number of esters is 1. The van der Waals surface area contributed by atoms with Gasteiger partial charge in [-0.25, -0.2) is 0 Å². The van der Waals surface area contributed by atoms with E-state index in [0.717, 1.165) is 13.1 Å². The van der Waals surface area contributed by atoms with Gasteiger partial charge >= 0.3 is 5.97 Å². The first kappa shape index (κ1) is 17.4. The van der Waals surface area contributed by atoms with E-state index in [9.17, 15) is 4.79 Å². The molecule has 0 radical (unpaired) electrons. The lowest BCUT2D eigenvalue weighted by Gasteiger charge is -2.30. The normalized spacial score (nSPS) is 12.6. The van der Waals surface area contributed by atoms with Gasteiger partial charge in [-0.3, -0.25) is 9.69 Å². The molecule has 0 aliphatic carbocycles. The Morgan fingerprint density at radius 2 is 1.67 bits per heavy atom. The maximum Gasteiger partial charge on any atom is 0.320 e. The molecule has 4 heteroatoms. The first-order valence-electron chi connectivity index (χ1n) is 6.82. The predicted molar refractivity (Wildman–Crippen MR) is 75.7 cm³/mol. The van der Waals surface area contributed by atoms with Crippen LogP contribution in [0.1, 0.15) is 48.5 Å². The Hall–Kier alpha value is -0.610. The van der Waals surface area contributed by atoms with Gasteiger partial charge < -0.3 is 10.1 Å². The summed E-state index contributed by atoms with van der Waals surface area (Å²) in [5, 5.41) is 3.13. The summed E-state index contributed by atoms with van der Waals surface area (Å²) in [5.74, 6) is -0.192. The molecule has 0 atom stereocenters. The van der Waals surface area contributed by atoms with Crippen LogP contribution < -0.4 is 5.32 Å². The van der Waals surface area contributed by atoms with E-state index < -0.39 is 5.60 Å². The number of hydrogen-bond acceptors (Lipinski definition) is 4. The zero-order valence-corrected chi connectivity index (χ0v) is 13.0. The Morgan fingerprint density at radius 3 is 2.06 bits per heavy atom. The number of nitrogens with zero attached hydrogens (tertiary/aromatic N) is 1. The first-order valence-corrected chi connectivity index (χ1v) is 6.82. The van der Waals surface area contributed by atoms with Crippen molar-refractivity contribution in [2.24, 2.45) is 0 Å². The van der Waals surface area contributed by atoms with Gasteiger partial charge in [0.2, 0.25) is 0 Å². The SMILES string of the molecule is CC(C)N(CCNCC(=O)OC(C)(C)C)C(C)C. The molecule has 4 nitrogen and oxygen atoms in total. The molecule has 0 aromatic carbocycles. The van der Waals surface area contributed by atoms with Gasteiger partial charge in [0.1, 0.15) is 5.60 Å². The summed E-state index contributed by atoms with van der Waals surface area (Å²) in [5.41, 5.74) is -0.402. The van der Waals surface area contributed by atoms with Crippen LogP contribution in [0, 0.1) is 0 Å². The Morgan fingerprint density at radius 1 is 1.17 bits per heavy atom. The largest absolute Gasteiger partial charge is 0.459 e. The summed E-state index contributed by atoms with van der Waals surface area (Å²) < 4.78 is 5.22. The van der Waals surface area contributed by atoms with Gasteiger partial charge in [-0.2, -0.15) is 0 Å².